The Hall–Kier alpha value is -1.48. The Morgan fingerprint density at radius 2 is 1.38 bits per heavy atom. The van der Waals surface area contributed by atoms with Gasteiger partial charge in [0.2, 0.25) is 0 Å². The second-order valence-electron chi connectivity index (χ2n) is 10.7. The predicted molar refractivity (Wildman–Crippen MR) is 141 cm³/mol. The lowest BCUT2D eigenvalue weighted by Gasteiger charge is -2.37. The Morgan fingerprint density at radius 3 is 2.03 bits per heavy atom. The zero-order chi connectivity index (χ0) is 22.4. The average molecular weight is 433 g/mol. The number of allylic oxidation sites excluding steroid dienone is 2. The van der Waals surface area contributed by atoms with Crippen molar-refractivity contribution in [2.75, 3.05) is 0 Å². The first kappa shape index (κ1) is 25.1. The van der Waals surface area contributed by atoms with Gasteiger partial charge in [0.1, 0.15) is 0 Å². The summed E-state index contributed by atoms with van der Waals surface area (Å²) in [5.74, 6) is 10.5. The van der Waals surface area contributed by atoms with Gasteiger partial charge in [0, 0.05) is 5.56 Å². The summed E-state index contributed by atoms with van der Waals surface area (Å²) in [6.07, 6.45) is 27.1. The second kappa shape index (κ2) is 14.6. The molecule has 0 heterocycles. The van der Waals surface area contributed by atoms with Crippen LogP contribution in [0.25, 0.3) is 0 Å². The van der Waals surface area contributed by atoms with Gasteiger partial charge >= 0.3 is 0 Å². The highest BCUT2D eigenvalue weighted by Crippen LogP contribution is 2.42. The van der Waals surface area contributed by atoms with E-state index in [0.29, 0.717) is 0 Å². The summed E-state index contributed by atoms with van der Waals surface area (Å²) < 4.78 is 0. The van der Waals surface area contributed by atoms with E-state index in [4.69, 9.17) is 0 Å². The first-order valence-corrected chi connectivity index (χ1v) is 14.1. The Morgan fingerprint density at radius 1 is 0.750 bits per heavy atom. The van der Waals surface area contributed by atoms with Crippen molar-refractivity contribution in [1.82, 2.24) is 0 Å². The summed E-state index contributed by atoms with van der Waals surface area (Å²) in [5, 5.41) is 0. The highest BCUT2D eigenvalue weighted by atomic mass is 14.4. The SMILES string of the molecule is CCCCCc1ccc(C#CC=CC2CCC(C3CCC(CCCCC)CC3)CC2)cc1. The zero-order valence-electron chi connectivity index (χ0n) is 21.1. The highest BCUT2D eigenvalue weighted by molar-refractivity contribution is 5.38. The van der Waals surface area contributed by atoms with E-state index in [9.17, 15) is 0 Å². The monoisotopic (exact) mass is 432 g/mol. The summed E-state index contributed by atoms with van der Waals surface area (Å²) in [7, 11) is 0. The maximum absolute atomic E-state index is 3.32. The predicted octanol–water partition coefficient (Wildman–Crippen LogP) is 9.52. The molecule has 0 nitrogen and oxygen atoms in total. The Kier molecular flexibility index (Phi) is 11.5. The molecule has 3 rings (SSSR count). The van der Waals surface area contributed by atoms with Gasteiger partial charge in [0.25, 0.3) is 0 Å². The molecule has 0 heteroatoms. The standard InChI is InChI=1S/C32H48/c1-3-5-7-11-27-15-17-28(18-16-27)13-9-10-14-30-21-25-32(26-22-30)31-23-19-29(20-24-31)12-8-6-4-2/h10,14-18,29-32H,3-8,11-12,19-26H2,1-2H3. The molecule has 0 bridgehead atoms. The fourth-order valence-corrected chi connectivity index (χ4v) is 6.08. The third-order valence-electron chi connectivity index (χ3n) is 8.28. The maximum atomic E-state index is 3.32. The molecule has 176 valence electrons. The summed E-state index contributed by atoms with van der Waals surface area (Å²) in [5.41, 5.74) is 2.59. The van der Waals surface area contributed by atoms with Crippen LogP contribution in [-0.4, -0.2) is 0 Å². The van der Waals surface area contributed by atoms with E-state index in [-0.39, 0.29) is 0 Å². The molecule has 0 saturated heterocycles. The normalized spacial score (nSPS) is 26.1. The number of hydrogen-bond donors (Lipinski definition) is 0. The molecule has 0 unspecified atom stereocenters. The van der Waals surface area contributed by atoms with Gasteiger partial charge in [-0.25, -0.2) is 0 Å². The molecule has 0 N–H and O–H groups in total. The molecular weight excluding hydrogens is 384 g/mol. The van der Waals surface area contributed by atoms with Crippen LogP contribution in [0, 0.1) is 35.5 Å². The largest absolute Gasteiger partial charge is 0.0730 e. The summed E-state index contributed by atoms with van der Waals surface area (Å²) in [6, 6.07) is 8.88. The van der Waals surface area contributed by atoms with E-state index >= 15 is 0 Å². The van der Waals surface area contributed by atoms with E-state index in [0.717, 1.165) is 29.2 Å². The van der Waals surface area contributed by atoms with Crippen LogP contribution in [-0.2, 0) is 6.42 Å². The van der Waals surface area contributed by atoms with Gasteiger partial charge in [-0.3, -0.25) is 0 Å². The van der Waals surface area contributed by atoms with Crippen molar-refractivity contribution in [1.29, 1.82) is 0 Å². The lowest BCUT2D eigenvalue weighted by atomic mass is 9.68. The van der Waals surface area contributed by atoms with Gasteiger partial charge in [0.05, 0.1) is 0 Å². The van der Waals surface area contributed by atoms with Crippen molar-refractivity contribution in [2.24, 2.45) is 23.7 Å². The molecule has 0 aliphatic heterocycles. The van der Waals surface area contributed by atoms with Crippen molar-refractivity contribution < 1.29 is 0 Å². The molecule has 1 aromatic carbocycles. The van der Waals surface area contributed by atoms with E-state index in [1.165, 1.54) is 108 Å². The summed E-state index contributed by atoms with van der Waals surface area (Å²) in [6.45, 7) is 4.58. The smallest absolute Gasteiger partial charge is 0.0249 e. The van der Waals surface area contributed by atoms with Crippen molar-refractivity contribution in [3.05, 3.63) is 47.5 Å². The fraction of sp³-hybridized carbons (Fsp3) is 0.688. The van der Waals surface area contributed by atoms with Gasteiger partial charge in [0.15, 0.2) is 0 Å². The molecule has 0 amide bonds. The van der Waals surface area contributed by atoms with Gasteiger partial charge < -0.3 is 0 Å². The van der Waals surface area contributed by atoms with Crippen molar-refractivity contribution in [2.45, 2.75) is 117 Å². The van der Waals surface area contributed by atoms with Crippen molar-refractivity contribution in [3.8, 4) is 11.8 Å². The minimum Gasteiger partial charge on any atom is -0.0730 e. The number of aryl methyl sites for hydroxylation is 1. The molecule has 2 fully saturated rings. The summed E-state index contributed by atoms with van der Waals surface area (Å²) in [4.78, 5) is 0. The average Bonchev–Trinajstić information content (AvgIpc) is 2.84. The van der Waals surface area contributed by atoms with E-state index < -0.39 is 0 Å². The molecular formula is C32H48. The van der Waals surface area contributed by atoms with Crippen LogP contribution in [0.4, 0.5) is 0 Å². The molecule has 1 aromatic rings. The first-order chi connectivity index (χ1) is 15.8. The fourth-order valence-electron chi connectivity index (χ4n) is 6.08. The molecule has 2 aliphatic carbocycles. The van der Waals surface area contributed by atoms with Gasteiger partial charge in [-0.2, -0.15) is 0 Å². The second-order valence-corrected chi connectivity index (χ2v) is 10.7. The van der Waals surface area contributed by atoms with Gasteiger partial charge in [-0.1, -0.05) is 95.3 Å². The zero-order valence-corrected chi connectivity index (χ0v) is 21.1. The third kappa shape index (κ3) is 8.81. The minimum absolute atomic E-state index is 0.756. The number of hydrogen-bond acceptors (Lipinski definition) is 0. The molecule has 0 radical (unpaired) electrons. The number of unbranched alkanes of at least 4 members (excludes halogenated alkanes) is 4. The molecule has 0 aromatic heterocycles. The first-order valence-electron chi connectivity index (χ1n) is 14.1. The minimum atomic E-state index is 0.756. The van der Waals surface area contributed by atoms with Crippen LogP contribution >= 0.6 is 0 Å². The lowest BCUT2D eigenvalue weighted by Crippen LogP contribution is -2.25. The van der Waals surface area contributed by atoms with Gasteiger partial charge in [-0.05, 0) is 98.8 Å². The Labute approximate surface area is 199 Å². The van der Waals surface area contributed by atoms with E-state index in [1.807, 2.05) is 0 Å². The van der Waals surface area contributed by atoms with E-state index in [2.05, 4.69) is 62.1 Å². The number of rotatable bonds is 10. The Bertz CT molecular complexity index is 697. The molecule has 2 aliphatic rings. The lowest BCUT2D eigenvalue weighted by molar-refractivity contribution is 0.151. The van der Waals surface area contributed by atoms with Crippen LogP contribution in [0.3, 0.4) is 0 Å². The van der Waals surface area contributed by atoms with Crippen LogP contribution < -0.4 is 0 Å². The Balaban J connectivity index is 1.33. The van der Waals surface area contributed by atoms with E-state index in [1.54, 1.807) is 0 Å². The highest BCUT2D eigenvalue weighted by Gasteiger charge is 2.30. The third-order valence-corrected chi connectivity index (χ3v) is 8.28. The van der Waals surface area contributed by atoms with Crippen LogP contribution in [0.2, 0.25) is 0 Å². The number of benzene rings is 1. The summed E-state index contributed by atoms with van der Waals surface area (Å²) >= 11 is 0. The maximum Gasteiger partial charge on any atom is 0.0249 e. The topological polar surface area (TPSA) is 0 Å². The van der Waals surface area contributed by atoms with Gasteiger partial charge in [-0.15, -0.1) is 0 Å². The van der Waals surface area contributed by atoms with Crippen molar-refractivity contribution in [3.63, 3.8) is 0 Å². The van der Waals surface area contributed by atoms with Crippen LogP contribution in [0.1, 0.15) is 121 Å². The van der Waals surface area contributed by atoms with Crippen LogP contribution in [0.5, 0.6) is 0 Å². The molecule has 0 spiro atoms. The van der Waals surface area contributed by atoms with Crippen LogP contribution in [0.15, 0.2) is 36.4 Å². The van der Waals surface area contributed by atoms with Crippen molar-refractivity contribution >= 4 is 0 Å². The molecule has 0 atom stereocenters. The molecule has 32 heavy (non-hydrogen) atoms. The quantitative estimate of drug-likeness (QED) is 0.255. The molecule has 2 saturated carbocycles.